The fraction of sp³-hybridized carbons (Fsp3) is 0.471. The third-order valence-electron chi connectivity index (χ3n) is 3.68. The highest BCUT2D eigenvalue weighted by molar-refractivity contribution is 5.99. The zero-order valence-electron chi connectivity index (χ0n) is 13.2. The molecule has 23 heavy (non-hydrogen) atoms. The van der Waals surface area contributed by atoms with E-state index in [1.807, 2.05) is 30.3 Å². The lowest BCUT2D eigenvalue weighted by Gasteiger charge is -2.17. The van der Waals surface area contributed by atoms with E-state index < -0.39 is 35.8 Å². The normalized spacial score (nSPS) is 20.2. The summed E-state index contributed by atoms with van der Waals surface area (Å²) in [4.78, 5) is 36.4. The van der Waals surface area contributed by atoms with Crippen molar-refractivity contribution in [2.75, 3.05) is 13.2 Å². The van der Waals surface area contributed by atoms with Crippen molar-refractivity contribution in [2.45, 2.75) is 26.4 Å². The monoisotopic (exact) mass is 320 g/mol. The van der Waals surface area contributed by atoms with Crippen LogP contribution in [0.4, 0.5) is 0 Å². The summed E-state index contributed by atoms with van der Waals surface area (Å²) in [5.41, 5.74) is 0.829. The Labute approximate surface area is 134 Å². The van der Waals surface area contributed by atoms with Gasteiger partial charge in [-0.2, -0.15) is 0 Å². The van der Waals surface area contributed by atoms with Gasteiger partial charge >= 0.3 is 17.9 Å². The van der Waals surface area contributed by atoms with E-state index in [1.54, 1.807) is 13.8 Å². The first-order chi connectivity index (χ1) is 11.1. The number of ether oxygens (including phenoxy) is 3. The molecule has 6 nitrogen and oxygen atoms in total. The average molecular weight is 320 g/mol. The topological polar surface area (TPSA) is 78.9 Å². The summed E-state index contributed by atoms with van der Waals surface area (Å²) in [6.07, 6.45) is -0.231. The predicted molar refractivity (Wildman–Crippen MR) is 80.1 cm³/mol. The standard InChI is InChI=1S/C17H20O6/c1-3-21-16(19)14(17(20)22-4-2)12-10-13(23-15(12)18)11-8-6-5-7-9-11/h5-9,12-14H,3-4,10H2,1-2H3/t12-,13+/m1/s1. The average Bonchev–Trinajstić information content (AvgIpc) is 2.91. The van der Waals surface area contributed by atoms with Crippen molar-refractivity contribution in [1.29, 1.82) is 0 Å². The minimum absolute atomic E-state index is 0.124. The second kappa shape index (κ2) is 7.76. The molecule has 0 aliphatic carbocycles. The van der Waals surface area contributed by atoms with Crippen molar-refractivity contribution < 1.29 is 28.6 Å². The van der Waals surface area contributed by atoms with Crippen LogP contribution in [0.3, 0.4) is 0 Å². The van der Waals surface area contributed by atoms with Gasteiger partial charge in [0, 0.05) is 6.42 Å². The molecular formula is C17H20O6. The largest absolute Gasteiger partial charge is 0.465 e. The van der Waals surface area contributed by atoms with Crippen molar-refractivity contribution >= 4 is 17.9 Å². The summed E-state index contributed by atoms with van der Waals surface area (Å²) in [5.74, 6) is -4.25. The molecule has 1 aromatic rings. The summed E-state index contributed by atoms with van der Waals surface area (Å²) >= 11 is 0. The Morgan fingerprint density at radius 2 is 1.70 bits per heavy atom. The smallest absolute Gasteiger partial charge is 0.321 e. The van der Waals surface area contributed by atoms with E-state index in [2.05, 4.69) is 0 Å². The zero-order chi connectivity index (χ0) is 16.8. The molecule has 1 aliphatic heterocycles. The Hall–Kier alpha value is -2.37. The summed E-state index contributed by atoms with van der Waals surface area (Å²) < 4.78 is 15.2. The summed E-state index contributed by atoms with van der Waals surface area (Å²) in [5, 5.41) is 0. The number of cyclic esters (lactones) is 1. The maximum absolute atomic E-state index is 12.2. The zero-order valence-corrected chi connectivity index (χ0v) is 13.2. The van der Waals surface area contributed by atoms with E-state index in [9.17, 15) is 14.4 Å². The summed E-state index contributed by atoms with van der Waals surface area (Å²) in [6, 6.07) is 9.21. The van der Waals surface area contributed by atoms with Gasteiger partial charge in [-0.05, 0) is 19.4 Å². The second-order valence-electron chi connectivity index (χ2n) is 5.16. The molecule has 0 saturated carbocycles. The molecule has 1 fully saturated rings. The lowest BCUT2D eigenvalue weighted by Crippen LogP contribution is -2.36. The van der Waals surface area contributed by atoms with E-state index in [1.165, 1.54) is 0 Å². The molecule has 1 saturated heterocycles. The van der Waals surface area contributed by atoms with Gasteiger partial charge in [-0.1, -0.05) is 30.3 Å². The Morgan fingerprint density at radius 1 is 1.13 bits per heavy atom. The number of hydrogen-bond donors (Lipinski definition) is 0. The van der Waals surface area contributed by atoms with Crippen molar-refractivity contribution in [3.63, 3.8) is 0 Å². The molecule has 0 aromatic heterocycles. The first-order valence-electron chi connectivity index (χ1n) is 7.67. The Bertz CT molecular complexity index is 550. The van der Waals surface area contributed by atoms with Gasteiger partial charge in [-0.25, -0.2) is 0 Å². The minimum Gasteiger partial charge on any atom is -0.465 e. The fourth-order valence-corrected chi connectivity index (χ4v) is 2.64. The van der Waals surface area contributed by atoms with Gasteiger partial charge in [0.1, 0.15) is 6.10 Å². The molecule has 0 N–H and O–H groups in total. The van der Waals surface area contributed by atoms with Gasteiger partial charge in [0.2, 0.25) is 0 Å². The number of esters is 3. The molecule has 0 unspecified atom stereocenters. The lowest BCUT2D eigenvalue weighted by atomic mass is 9.88. The van der Waals surface area contributed by atoms with Gasteiger partial charge in [-0.3, -0.25) is 14.4 Å². The summed E-state index contributed by atoms with van der Waals surface area (Å²) in [6.45, 7) is 3.52. The molecule has 2 atom stereocenters. The third kappa shape index (κ3) is 3.88. The molecule has 0 amide bonds. The van der Waals surface area contributed by atoms with Gasteiger partial charge in [-0.15, -0.1) is 0 Å². The molecule has 124 valence electrons. The first-order valence-corrected chi connectivity index (χ1v) is 7.67. The van der Waals surface area contributed by atoms with Crippen LogP contribution >= 0.6 is 0 Å². The molecule has 0 bridgehead atoms. The van der Waals surface area contributed by atoms with E-state index in [4.69, 9.17) is 14.2 Å². The SMILES string of the molecule is CCOC(=O)C(C(=O)OCC)[C@H]1C[C@@H](c2ccccc2)OC1=O. The van der Waals surface area contributed by atoms with Crippen LogP contribution in [-0.4, -0.2) is 31.1 Å². The fourth-order valence-electron chi connectivity index (χ4n) is 2.64. The Balaban J connectivity index is 2.19. The quantitative estimate of drug-likeness (QED) is 0.453. The van der Waals surface area contributed by atoms with E-state index in [-0.39, 0.29) is 19.6 Å². The highest BCUT2D eigenvalue weighted by Crippen LogP contribution is 2.38. The molecule has 6 heteroatoms. The van der Waals surface area contributed by atoms with Crippen molar-refractivity contribution in [2.24, 2.45) is 11.8 Å². The molecule has 1 heterocycles. The highest BCUT2D eigenvalue weighted by Gasteiger charge is 2.48. The number of rotatable bonds is 6. The molecule has 0 radical (unpaired) electrons. The molecular weight excluding hydrogens is 300 g/mol. The van der Waals surface area contributed by atoms with Crippen LogP contribution in [0.2, 0.25) is 0 Å². The van der Waals surface area contributed by atoms with Crippen molar-refractivity contribution in [1.82, 2.24) is 0 Å². The number of carbonyl (C=O) groups excluding carboxylic acids is 3. The van der Waals surface area contributed by atoms with Crippen LogP contribution in [0.15, 0.2) is 30.3 Å². The van der Waals surface area contributed by atoms with Crippen LogP contribution in [0.5, 0.6) is 0 Å². The van der Waals surface area contributed by atoms with Crippen LogP contribution < -0.4 is 0 Å². The Kier molecular flexibility index (Phi) is 5.73. The molecule has 0 spiro atoms. The highest BCUT2D eigenvalue weighted by atomic mass is 16.6. The van der Waals surface area contributed by atoms with Crippen molar-refractivity contribution in [3.8, 4) is 0 Å². The van der Waals surface area contributed by atoms with Gasteiger partial charge in [0.15, 0.2) is 5.92 Å². The lowest BCUT2D eigenvalue weighted by molar-refractivity contribution is -0.168. The summed E-state index contributed by atoms with van der Waals surface area (Å²) in [7, 11) is 0. The number of carbonyl (C=O) groups is 3. The predicted octanol–water partition coefficient (Wildman–Crippen LogP) is 2.03. The maximum Gasteiger partial charge on any atom is 0.321 e. The number of benzene rings is 1. The van der Waals surface area contributed by atoms with E-state index in [0.717, 1.165) is 5.56 Å². The van der Waals surface area contributed by atoms with Crippen LogP contribution in [-0.2, 0) is 28.6 Å². The van der Waals surface area contributed by atoms with Gasteiger partial charge < -0.3 is 14.2 Å². The first kappa shape index (κ1) is 17.0. The second-order valence-corrected chi connectivity index (χ2v) is 5.16. The maximum atomic E-state index is 12.2. The third-order valence-corrected chi connectivity index (χ3v) is 3.68. The molecule has 1 aromatic carbocycles. The van der Waals surface area contributed by atoms with E-state index >= 15 is 0 Å². The molecule has 1 aliphatic rings. The van der Waals surface area contributed by atoms with Crippen molar-refractivity contribution in [3.05, 3.63) is 35.9 Å². The van der Waals surface area contributed by atoms with Crippen LogP contribution in [0.1, 0.15) is 31.9 Å². The van der Waals surface area contributed by atoms with Gasteiger partial charge in [0.25, 0.3) is 0 Å². The molecule has 2 rings (SSSR count). The van der Waals surface area contributed by atoms with Crippen LogP contribution in [0, 0.1) is 11.8 Å². The minimum atomic E-state index is -1.28. The van der Waals surface area contributed by atoms with E-state index in [0.29, 0.717) is 0 Å². The van der Waals surface area contributed by atoms with Gasteiger partial charge in [0.05, 0.1) is 19.1 Å². The Morgan fingerprint density at radius 3 is 2.22 bits per heavy atom. The van der Waals surface area contributed by atoms with Crippen LogP contribution in [0.25, 0.3) is 0 Å². The number of hydrogen-bond acceptors (Lipinski definition) is 6.